The number of para-hydroxylation sites is 1. The Morgan fingerprint density at radius 2 is 1.50 bits per heavy atom. The number of hydrogen-bond donors (Lipinski definition) is 1. The zero-order valence-corrected chi connectivity index (χ0v) is 18.6. The predicted molar refractivity (Wildman–Crippen MR) is 122 cm³/mol. The highest BCUT2D eigenvalue weighted by Crippen LogP contribution is 2.19. The summed E-state index contributed by atoms with van der Waals surface area (Å²) in [6.07, 6.45) is 0.652. The van der Waals surface area contributed by atoms with Gasteiger partial charge in [0.2, 0.25) is 10.0 Å². The van der Waals surface area contributed by atoms with Crippen LogP contribution in [0.15, 0.2) is 83.8 Å². The molecule has 0 aromatic heterocycles. The Bertz CT molecular complexity index is 1190. The number of nitrogens with zero attached hydrogens (tertiary/aromatic N) is 1. The Balaban J connectivity index is 1.59. The second kappa shape index (κ2) is 10.2. The summed E-state index contributed by atoms with van der Waals surface area (Å²) < 4.78 is 30.4. The topological polar surface area (TPSA) is 92.8 Å². The fourth-order valence-electron chi connectivity index (χ4n) is 2.99. The van der Waals surface area contributed by atoms with E-state index in [0.29, 0.717) is 12.1 Å². The van der Waals surface area contributed by atoms with Crippen molar-refractivity contribution >= 4 is 27.6 Å². The molecule has 3 aromatic carbocycles. The first-order valence-electron chi connectivity index (χ1n) is 9.89. The molecule has 3 rings (SSSR count). The van der Waals surface area contributed by atoms with Gasteiger partial charge in [0.05, 0.1) is 10.5 Å². The molecule has 0 radical (unpaired) electrons. The van der Waals surface area contributed by atoms with Crippen molar-refractivity contribution in [1.82, 2.24) is 4.31 Å². The molecule has 0 aliphatic rings. The third-order valence-electron chi connectivity index (χ3n) is 4.73. The molecule has 0 aliphatic heterocycles. The molecule has 0 saturated heterocycles. The highest BCUT2D eigenvalue weighted by atomic mass is 32.2. The van der Waals surface area contributed by atoms with Gasteiger partial charge in [-0.25, -0.2) is 17.5 Å². The third-order valence-corrected chi connectivity index (χ3v) is 6.56. The lowest BCUT2D eigenvalue weighted by atomic mass is 10.0. The summed E-state index contributed by atoms with van der Waals surface area (Å²) in [6.45, 7) is -0.462. The van der Waals surface area contributed by atoms with Crippen molar-refractivity contribution in [2.45, 2.75) is 11.3 Å². The number of carbonyl (C=O) groups is 2. The van der Waals surface area contributed by atoms with E-state index < -0.39 is 28.5 Å². The van der Waals surface area contributed by atoms with E-state index in [1.165, 1.54) is 38.4 Å². The van der Waals surface area contributed by atoms with Crippen LogP contribution in [0.2, 0.25) is 0 Å². The summed E-state index contributed by atoms with van der Waals surface area (Å²) in [4.78, 5) is 24.6. The van der Waals surface area contributed by atoms with Gasteiger partial charge in [0.15, 0.2) is 6.61 Å². The number of amides is 1. The molecule has 0 spiro atoms. The maximum absolute atomic E-state index is 12.3. The minimum absolute atomic E-state index is 0.0619. The first kappa shape index (κ1) is 23.2. The average molecular weight is 453 g/mol. The van der Waals surface area contributed by atoms with Crippen LogP contribution in [-0.2, 0) is 26.0 Å². The van der Waals surface area contributed by atoms with Gasteiger partial charge >= 0.3 is 5.97 Å². The van der Waals surface area contributed by atoms with E-state index >= 15 is 0 Å². The first-order chi connectivity index (χ1) is 15.3. The third kappa shape index (κ3) is 5.81. The SMILES string of the molecule is CN(C)S(=O)(=O)c1ccc(C(=O)OCC(=O)Nc2ccccc2Cc2ccccc2)cc1. The molecule has 8 heteroatoms. The van der Waals surface area contributed by atoms with Crippen LogP contribution in [0.4, 0.5) is 5.69 Å². The van der Waals surface area contributed by atoms with E-state index in [0.717, 1.165) is 15.4 Å². The van der Waals surface area contributed by atoms with Crippen molar-refractivity contribution in [3.63, 3.8) is 0 Å². The number of benzene rings is 3. The van der Waals surface area contributed by atoms with Gasteiger partial charge in [-0.3, -0.25) is 4.79 Å². The van der Waals surface area contributed by atoms with Crippen LogP contribution in [0.25, 0.3) is 0 Å². The number of hydrogen-bond acceptors (Lipinski definition) is 5. The molecule has 0 saturated carbocycles. The second-order valence-electron chi connectivity index (χ2n) is 7.26. The minimum atomic E-state index is -3.59. The smallest absolute Gasteiger partial charge is 0.338 e. The summed E-state index contributed by atoms with van der Waals surface area (Å²) >= 11 is 0. The number of ether oxygens (including phenoxy) is 1. The van der Waals surface area contributed by atoms with Crippen molar-refractivity contribution < 1.29 is 22.7 Å². The van der Waals surface area contributed by atoms with E-state index in [1.807, 2.05) is 48.5 Å². The van der Waals surface area contributed by atoms with Gasteiger partial charge in [-0.1, -0.05) is 48.5 Å². The molecular weight excluding hydrogens is 428 g/mol. The van der Waals surface area contributed by atoms with Crippen LogP contribution in [0, 0.1) is 0 Å². The Morgan fingerprint density at radius 1 is 0.875 bits per heavy atom. The standard InChI is InChI=1S/C24H24N2O5S/c1-26(2)32(29,30)21-14-12-19(13-15-21)24(28)31-17-23(27)25-22-11-7-6-10-20(22)16-18-8-4-3-5-9-18/h3-15H,16-17H2,1-2H3,(H,25,27). The summed E-state index contributed by atoms with van der Waals surface area (Å²) in [5.41, 5.74) is 2.85. The summed E-state index contributed by atoms with van der Waals surface area (Å²) in [5, 5.41) is 2.78. The molecule has 1 amide bonds. The van der Waals surface area contributed by atoms with Crippen LogP contribution >= 0.6 is 0 Å². The fourth-order valence-corrected chi connectivity index (χ4v) is 3.89. The Kier molecular flexibility index (Phi) is 7.40. The molecule has 166 valence electrons. The molecule has 7 nitrogen and oxygen atoms in total. The normalized spacial score (nSPS) is 11.2. The Morgan fingerprint density at radius 3 is 2.16 bits per heavy atom. The summed E-state index contributed by atoms with van der Waals surface area (Å²) in [6, 6.07) is 22.7. The van der Waals surface area contributed by atoms with Gasteiger partial charge in [0.1, 0.15) is 0 Å². The maximum Gasteiger partial charge on any atom is 0.338 e. The number of esters is 1. The van der Waals surface area contributed by atoms with Gasteiger partial charge in [0.25, 0.3) is 5.91 Å². The fraction of sp³-hybridized carbons (Fsp3) is 0.167. The van der Waals surface area contributed by atoms with Gasteiger partial charge < -0.3 is 10.1 Å². The number of sulfonamides is 1. The molecule has 0 aliphatic carbocycles. The molecule has 1 N–H and O–H groups in total. The lowest BCUT2D eigenvalue weighted by molar-refractivity contribution is -0.119. The van der Waals surface area contributed by atoms with Crippen molar-refractivity contribution in [1.29, 1.82) is 0 Å². The van der Waals surface area contributed by atoms with Crippen molar-refractivity contribution in [2.24, 2.45) is 0 Å². The molecule has 32 heavy (non-hydrogen) atoms. The van der Waals surface area contributed by atoms with Crippen LogP contribution in [0.5, 0.6) is 0 Å². The summed E-state index contributed by atoms with van der Waals surface area (Å²) in [5.74, 6) is -1.18. The second-order valence-corrected chi connectivity index (χ2v) is 9.41. The van der Waals surface area contributed by atoms with E-state index in [2.05, 4.69) is 5.32 Å². The quantitative estimate of drug-likeness (QED) is 0.529. The Labute approximate surface area is 187 Å². The van der Waals surface area contributed by atoms with E-state index in [-0.39, 0.29) is 10.5 Å². The number of rotatable bonds is 8. The Hall–Kier alpha value is -3.49. The molecule has 3 aromatic rings. The van der Waals surface area contributed by atoms with Gasteiger partial charge in [-0.05, 0) is 47.9 Å². The molecule has 0 bridgehead atoms. The van der Waals surface area contributed by atoms with Crippen molar-refractivity contribution in [3.05, 3.63) is 95.6 Å². The van der Waals surface area contributed by atoms with Crippen LogP contribution < -0.4 is 5.32 Å². The molecule has 0 atom stereocenters. The monoisotopic (exact) mass is 452 g/mol. The van der Waals surface area contributed by atoms with Gasteiger partial charge in [0, 0.05) is 19.8 Å². The molecule has 0 heterocycles. The molecule has 0 fully saturated rings. The first-order valence-corrected chi connectivity index (χ1v) is 11.3. The number of nitrogens with one attached hydrogen (secondary N) is 1. The van der Waals surface area contributed by atoms with E-state index in [1.54, 1.807) is 6.07 Å². The van der Waals surface area contributed by atoms with Crippen molar-refractivity contribution in [3.8, 4) is 0 Å². The van der Waals surface area contributed by atoms with Crippen molar-refractivity contribution in [2.75, 3.05) is 26.0 Å². The van der Waals surface area contributed by atoms with Gasteiger partial charge in [-0.2, -0.15) is 0 Å². The van der Waals surface area contributed by atoms with Crippen LogP contribution in [-0.4, -0.2) is 45.3 Å². The van der Waals surface area contributed by atoms with Gasteiger partial charge in [-0.15, -0.1) is 0 Å². The largest absolute Gasteiger partial charge is 0.452 e. The average Bonchev–Trinajstić information content (AvgIpc) is 2.79. The van der Waals surface area contributed by atoms with E-state index in [9.17, 15) is 18.0 Å². The maximum atomic E-state index is 12.3. The van der Waals surface area contributed by atoms with Crippen LogP contribution in [0.1, 0.15) is 21.5 Å². The number of carbonyl (C=O) groups excluding carboxylic acids is 2. The lowest BCUT2D eigenvalue weighted by Gasteiger charge is -2.12. The molecule has 0 unspecified atom stereocenters. The minimum Gasteiger partial charge on any atom is -0.452 e. The predicted octanol–water partition coefficient (Wildman–Crippen LogP) is 3.32. The summed E-state index contributed by atoms with van der Waals surface area (Å²) in [7, 11) is -0.740. The highest BCUT2D eigenvalue weighted by molar-refractivity contribution is 7.89. The molecular formula is C24H24N2O5S. The zero-order valence-electron chi connectivity index (χ0n) is 17.8. The van der Waals surface area contributed by atoms with E-state index in [4.69, 9.17) is 4.74 Å². The number of anilines is 1. The van der Waals surface area contributed by atoms with Crippen LogP contribution in [0.3, 0.4) is 0 Å². The highest BCUT2D eigenvalue weighted by Gasteiger charge is 2.18. The lowest BCUT2D eigenvalue weighted by Crippen LogP contribution is -2.23. The zero-order chi connectivity index (χ0) is 23.1.